The van der Waals surface area contributed by atoms with Crippen LogP contribution in [0, 0.1) is 11.3 Å². The minimum absolute atomic E-state index is 0.151. The summed E-state index contributed by atoms with van der Waals surface area (Å²) in [5.74, 6) is -0.216. The molecule has 1 spiro atoms. The summed E-state index contributed by atoms with van der Waals surface area (Å²) < 4.78 is 0. The van der Waals surface area contributed by atoms with Crippen molar-refractivity contribution in [1.29, 1.82) is 0 Å². The van der Waals surface area contributed by atoms with Crippen molar-refractivity contribution in [3.8, 4) is 0 Å². The summed E-state index contributed by atoms with van der Waals surface area (Å²) in [7, 11) is 0. The van der Waals surface area contributed by atoms with E-state index in [0.29, 0.717) is 12.3 Å². The Balaban J connectivity index is 1.93. The van der Waals surface area contributed by atoms with E-state index in [9.17, 15) is 9.59 Å². The highest BCUT2D eigenvalue weighted by molar-refractivity contribution is 5.73. The molecule has 4 heteroatoms. The average molecular weight is 225 g/mol. The number of aliphatic carboxylic acids is 1. The van der Waals surface area contributed by atoms with Crippen molar-refractivity contribution >= 4 is 11.9 Å². The summed E-state index contributed by atoms with van der Waals surface area (Å²) in [4.78, 5) is 23.8. The molecule has 2 aliphatic rings. The number of amides is 1. The first-order valence-electron chi connectivity index (χ1n) is 5.98. The van der Waals surface area contributed by atoms with Crippen LogP contribution in [0.2, 0.25) is 0 Å². The second kappa shape index (κ2) is 4.07. The van der Waals surface area contributed by atoms with E-state index in [2.05, 4.69) is 0 Å². The molecule has 0 radical (unpaired) electrons. The Morgan fingerprint density at radius 2 is 2.19 bits per heavy atom. The third-order valence-electron chi connectivity index (χ3n) is 4.15. The number of carboxylic acid groups (broad SMARTS) is 1. The van der Waals surface area contributed by atoms with Gasteiger partial charge in [-0.2, -0.15) is 0 Å². The van der Waals surface area contributed by atoms with Crippen LogP contribution < -0.4 is 0 Å². The maximum atomic E-state index is 11.3. The first kappa shape index (κ1) is 11.4. The fourth-order valence-electron chi connectivity index (χ4n) is 3.32. The number of carbonyl (C=O) groups excluding carboxylic acids is 1. The van der Waals surface area contributed by atoms with Crippen molar-refractivity contribution in [2.75, 3.05) is 13.1 Å². The standard InChI is InChI=1S/C12H19NO3/c1-9(14)13-5-4-12(8-13)3-2-10(7-12)6-11(15)16/h10H,2-8H2,1H3,(H,15,16). The molecule has 2 unspecified atom stereocenters. The van der Waals surface area contributed by atoms with E-state index in [4.69, 9.17) is 5.11 Å². The highest BCUT2D eigenvalue weighted by atomic mass is 16.4. The topological polar surface area (TPSA) is 57.6 Å². The lowest BCUT2D eigenvalue weighted by atomic mass is 9.84. The zero-order valence-corrected chi connectivity index (χ0v) is 9.74. The highest BCUT2D eigenvalue weighted by Gasteiger charge is 2.44. The third-order valence-corrected chi connectivity index (χ3v) is 4.15. The fourth-order valence-corrected chi connectivity index (χ4v) is 3.32. The van der Waals surface area contributed by atoms with E-state index < -0.39 is 5.97 Å². The normalized spacial score (nSPS) is 33.6. The third kappa shape index (κ3) is 2.20. The van der Waals surface area contributed by atoms with Gasteiger partial charge in [0.2, 0.25) is 5.91 Å². The first-order valence-corrected chi connectivity index (χ1v) is 5.98. The average Bonchev–Trinajstić information content (AvgIpc) is 2.74. The van der Waals surface area contributed by atoms with Gasteiger partial charge in [-0.3, -0.25) is 9.59 Å². The van der Waals surface area contributed by atoms with Crippen LogP contribution in [-0.2, 0) is 9.59 Å². The molecular formula is C12H19NO3. The number of nitrogens with zero attached hydrogens (tertiary/aromatic N) is 1. The Labute approximate surface area is 95.6 Å². The lowest BCUT2D eigenvalue weighted by Crippen LogP contribution is -2.29. The molecular weight excluding hydrogens is 206 g/mol. The van der Waals surface area contributed by atoms with Crippen molar-refractivity contribution in [3.05, 3.63) is 0 Å². The Kier molecular flexibility index (Phi) is 2.91. The zero-order valence-electron chi connectivity index (χ0n) is 9.74. The smallest absolute Gasteiger partial charge is 0.303 e. The highest BCUT2D eigenvalue weighted by Crippen LogP contribution is 2.48. The Hall–Kier alpha value is -1.06. The molecule has 0 bridgehead atoms. The molecule has 90 valence electrons. The van der Waals surface area contributed by atoms with Crippen molar-refractivity contribution in [2.24, 2.45) is 11.3 Å². The van der Waals surface area contributed by atoms with Crippen LogP contribution in [0.25, 0.3) is 0 Å². The molecule has 1 amide bonds. The predicted molar refractivity (Wildman–Crippen MR) is 58.9 cm³/mol. The monoisotopic (exact) mass is 225 g/mol. The Bertz CT molecular complexity index is 315. The van der Waals surface area contributed by atoms with Gasteiger partial charge in [-0.25, -0.2) is 0 Å². The molecule has 2 atom stereocenters. The van der Waals surface area contributed by atoms with Gasteiger partial charge in [-0.15, -0.1) is 0 Å². The summed E-state index contributed by atoms with van der Waals surface area (Å²) in [6.07, 6.45) is 4.44. The molecule has 16 heavy (non-hydrogen) atoms. The lowest BCUT2D eigenvalue weighted by molar-refractivity contribution is -0.138. The van der Waals surface area contributed by atoms with Gasteiger partial charge >= 0.3 is 5.97 Å². The van der Waals surface area contributed by atoms with Crippen LogP contribution >= 0.6 is 0 Å². The van der Waals surface area contributed by atoms with Gasteiger partial charge in [0.1, 0.15) is 0 Å². The SMILES string of the molecule is CC(=O)N1CCC2(CCC(CC(=O)O)C2)C1. The second-order valence-corrected chi connectivity index (χ2v) is 5.40. The van der Waals surface area contributed by atoms with Crippen molar-refractivity contribution in [2.45, 2.75) is 39.0 Å². The van der Waals surface area contributed by atoms with Gasteiger partial charge in [-0.05, 0) is 37.0 Å². The van der Waals surface area contributed by atoms with E-state index >= 15 is 0 Å². The van der Waals surface area contributed by atoms with E-state index in [1.807, 2.05) is 4.90 Å². The number of hydrogen-bond acceptors (Lipinski definition) is 2. The summed E-state index contributed by atoms with van der Waals surface area (Å²) in [6, 6.07) is 0. The van der Waals surface area contributed by atoms with Gasteiger partial charge < -0.3 is 10.0 Å². The Morgan fingerprint density at radius 3 is 2.75 bits per heavy atom. The predicted octanol–water partition coefficient (Wildman–Crippen LogP) is 1.50. The summed E-state index contributed by atoms with van der Waals surface area (Å²) in [5, 5.41) is 8.78. The fraction of sp³-hybridized carbons (Fsp3) is 0.833. The number of likely N-dealkylation sites (tertiary alicyclic amines) is 1. The first-order chi connectivity index (χ1) is 7.51. The minimum Gasteiger partial charge on any atom is -0.481 e. The van der Waals surface area contributed by atoms with Crippen LogP contribution in [0.4, 0.5) is 0 Å². The molecule has 0 aromatic heterocycles. The van der Waals surface area contributed by atoms with Crippen LogP contribution in [0.1, 0.15) is 39.0 Å². The lowest BCUT2D eigenvalue weighted by Gasteiger charge is -2.23. The molecule has 0 aromatic rings. The van der Waals surface area contributed by atoms with Crippen LogP contribution in [0.15, 0.2) is 0 Å². The molecule has 1 heterocycles. The molecule has 1 N–H and O–H groups in total. The van der Waals surface area contributed by atoms with Crippen molar-refractivity contribution < 1.29 is 14.7 Å². The van der Waals surface area contributed by atoms with Gasteiger partial charge in [-0.1, -0.05) is 0 Å². The molecule has 1 aliphatic heterocycles. The van der Waals surface area contributed by atoms with Gasteiger partial charge in [0, 0.05) is 26.4 Å². The number of hydrogen-bond donors (Lipinski definition) is 1. The summed E-state index contributed by atoms with van der Waals surface area (Å²) >= 11 is 0. The molecule has 2 fully saturated rings. The van der Waals surface area contributed by atoms with Gasteiger partial charge in [0.25, 0.3) is 0 Å². The molecule has 1 saturated carbocycles. The van der Waals surface area contributed by atoms with E-state index in [1.54, 1.807) is 6.92 Å². The van der Waals surface area contributed by atoms with E-state index in [0.717, 1.165) is 38.8 Å². The number of carboxylic acids is 1. The zero-order chi connectivity index (χ0) is 11.8. The molecule has 1 aliphatic carbocycles. The van der Waals surface area contributed by atoms with E-state index in [1.165, 1.54) is 0 Å². The molecule has 0 aromatic carbocycles. The van der Waals surface area contributed by atoms with Crippen molar-refractivity contribution in [3.63, 3.8) is 0 Å². The van der Waals surface area contributed by atoms with E-state index in [-0.39, 0.29) is 11.3 Å². The van der Waals surface area contributed by atoms with Gasteiger partial charge in [0.05, 0.1) is 0 Å². The minimum atomic E-state index is -0.691. The molecule has 4 nitrogen and oxygen atoms in total. The molecule has 2 rings (SSSR count). The Morgan fingerprint density at radius 1 is 1.44 bits per heavy atom. The van der Waals surface area contributed by atoms with Crippen LogP contribution in [-0.4, -0.2) is 35.0 Å². The second-order valence-electron chi connectivity index (χ2n) is 5.40. The van der Waals surface area contributed by atoms with Gasteiger partial charge in [0.15, 0.2) is 0 Å². The number of rotatable bonds is 2. The van der Waals surface area contributed by atoms with Crippen molar-refractivity contribution in [1.82, 2.24) is 4.90 Å². The maximum Gasteiger partial charge on any atom is 0.303 e. The largest absolute Gasteiger partial charge is 0.481 e. The van der Waals surface area contributed by atoms with Crippen LogP contribution in [0.5, 0.6) is 0 Å². The summed E-state index contributed by atoms with van der Waals surface area (Å²) in [5.41, 5.74) is 0.242. The summed E-state index contributed by atoms with van der Waals surface area (Å²) in [6.45, 7) is 3.32. The molecule has 1 saturated heterocycles. The van der Waals surface area contributed by atoms with Crippen LogP contribution in [0.3, 0.4) is 0 Å². The quantitative estimate of drug-likeness (QED) is 0.774. The number of carbonyl (C=O) groups is 2. The maximum absolute atomic E-state index is 11.3.